The predicted molar refractivity (Wildman–Crippen MR) is 74.7 cm³/mol. The molecule has 0 radical (unpaired) electrons. The van der Waals surface area contributed by atoms with Gasteiger partial charge in [0.15, 0.2) is 6.23 Å². The number of rotatable bonds is 4. The van der Waals surface area contributed by atoms with Crippen LogP contribution in [0.4, 0.5) is 13.2 Å². The molecule has 1 unspecified atom stereocenters. The Morgan fingerprint density at radius 1 is 1.24 bits per heavy atom. The van der Waals surface area contributed by atoms with Gasteiger partial charge in [-0.1, -0.05) is 0 Å². The van der Waals surface area contributed by atoms with E-state index in [1.807, 2.05) is 0 Å². The van der Waals surface area contributed by atoms with Crippen LogP contribution in [0.25, 0.3) is 0 Å². The van der Waals surface area contributed by atoms with Crippen molar-refractivity contribution in [1.82, 2.24) is 4.90 Å². The minimum Gasteiger partial charge on any atom is -0.475 e. The molecule has 114 valence electrons. The van der Waals surface area contributed by atoms with E-state index in [1.165, 1.54) is 12.1 Å². The normalized spacial score (nSPS) is 20.0. The first-order valence-corrected chi connectivity index (χ1v) is 7.02. The summed E-state index contributed by atoms with van der Waals surface area (Å²) in [5.41, 5.74) is -0.664. The van der Waals surface area contributed by atoms with E-state index in [9.17, 15) is 13.2 Å². The Hall–Kier alpha value is -1.67. The molecule has 0 saturated carbocycles. The number of nitrogens with zero attached hydrogens (tertiary/aromatic N) is 1. The minimum atomic E-state index is -4.32. The summed E-state index contributed by atoms with van der Waals surface area (Å²) in [7, 11) is 0. The highest BCUT2D eigenvalue weighted by Crippen LogP contribution is 2.31. The number of ether oxygens (including phenoxy) is 1. The molecule has 0 bridgehead atoms. The summed E-state index contributed by atoms with van der Waals surface area (Å²) in [6, 6.07) is 4.83. The third-order valence-corrected chi connectivity index (χ3v) is 3.55. The molecule has 1 fully saturated rings. The van der Waals surface area contributed by atoms with Crippen molar-refractivity contribution in [2.75, 3.05) is 13.1 Å². The molecule has 21 heavy (non-hydrogen) atoms. The zero-order chi connectivity index (χ0) is 15.3. The van der Waals surface area contributed by atoms with Gasteiger partial charge in [0.1, 0.15) is 5.75 Å². The molecule has 0 aromatic heterocycles. The van der Waals surface area contributed by atoms with Gasteiger partial charge in [-0.3, -0.25) is 4.90 Å². The van der Waals surface area contributed by atoms with Crippen LogP contribution in [0.15, 0.2) is 24.3 Å². The van der Waals surface area contributed by atoms with Gasteiger partial charge in [0, 0.05) is 19.5 Å². The van der Waals surface area contributed by atoms with Crippen molar-refractivity contribution in [3.8, 4) is 18.1 Å². The van der Waals surface area contributed by atoms with Gasteiger partial charge in [0.05, 0.1) is 5.56 Å². The fourth-order valence-corrected chi connectivity index (χ4v) is 2.44. The Morgan fingerprint density at radius 3 is 2.57 bits per heavy atom. The van der Waals surface area contributed by atoms with Crippen LogP contribution in [0.1, 0.15) is 31.2 Å². The third kappa shape index (κ3) is 4.40. The Bertz CT molecular complexity index is 490. The molecule has 1 aliphatic heterocycles. The highest BCUT2D eigenvalue weighted by atomic mass is 19.4. The SMILES string of the molecule is C#CCCN1CCCCC1Oc1ccc(C(F)(F)F)cc1. The molecule has 2 rings (SSSR count). The first kappa shape index (κ1) is 15.7. The quantitative estimate of drug-likeness (QED) is 0.781. The van der Waals surface area contributed by atoms with Gasteiger partial charge in [-0.25, -0.2) is 0 Å². The molecule has 0 spiro atoms. The first-order valence-electron chi connectivity index (χ1n) is 7.02. The molecule has 1 atom stereocenters. The summed E-state index contributed by atoms with van der Waals surface area (Å²) in [6.07, 6.45) is 4.51. The van der Waals surface area contributed by atoms with Crippen LogP contribution in [0.2, 0.25) is 0 Å². The summed E-state index contributed by atoms with van der Waals surface area (Å²) in [6.45, 7) is 1.66. The highest BCUT2D eigenvalue weighted by Gasteiger charge is 2.30. The number of likely N-dealkylation sites (tertiary alicyclic amines) is 1. The zero-order valence-corrected chi connectivity index (χ0v) is 11.7. The van der Waals surface area contributed by atoms with Crippen molar-refractivity contribution in [3.05, 3.63) is 29.8 Å². The first-order chi connectivity index (χ1) is 10.0. The molecule has 2 nitrogen and oxygen atoms in total. The van der Waals surface area contributed by atoms with Crippen molar-refractivity contribution in [2.24, 2.45) is 0 Å². The van der Waals surface area contributed by atoms with Gasteiger partial charge in [0.2, 0.25) is 0 Å². The molecule has 1 aliphatic rings. The Kier molecular flexibility index (Phi) is 5.13. The van der Waals surface area contributed by atoms with Crippen LogP contribution in [-0.2, 0) is 6.18 Å². The van der Waals surface area contributed by atoms with E-state index in [4.69, 9.17) is 11.2 Å². The molecule has 1 aromatic rings. The largest absolute Gasteiger partial charge is 0.475 e. The van der Waals surface area contributed by atoms with Gasteiger partial charge < -0.3 is 4.74 Å². The fraction of sp³-hybridized carbons (Fsp3) is 0.500. The number of hydrogen-bond donors (Lipinski definition) is 0. The van der Waals surface area contributed by atoms with Crippen LogP contribution < -0.4 is 4.74 Å². The molecule has 1 aromatic carbocycles. The van der Waals surface area contributed by atoms with E-state index in [0.717, 1.165) is 44.5 Å². The number of piperidine rings is 1. The molecule has 1 heterocycles. The van der Waals surface area contributed by atoms with Crippen molar-refractivity contribution in [1.29, 1.82) is 0 Å². The van der Waals surface area contributed by atoms with Gasteiger partial charge in [0.25, 0.3) is 0 Å². The Labute approximate surface area is 122 Å². The van der Waals surface area contributed by atoms with Crippen LogP contribution in [-0.4, -0.2) is 24.2 Å². The summed E-state index contributed by atoms with van der Waals surface area (Å²) in [5.74, 6) is 3.06. The molecule has 0 N–H and O–H groups in total. The van der Waals surface area contributed by atoms with Gasteiger partial charge in [-0.15, -0.1) is 12.3 Å². The number of hydrogen-bond acceptors (Lipinski definition) is 2. The van der Waals surface area contributed by atoms with E-state index in [1.54, 1.807) is 0 Å². The topological polar surface area (TPSA) is 12.5 Å². The standard InChI is InChI=1S/C16H18F3NO/c1-2-3-11-20-12-5-4-6-15(20)21-14-9-7-13(8-10-14)16(17,18)19/h1,7-10,15H,3-6,11-12H2. The van der Waals surface area contributed by atoms with E-state index < -0.39 is 11.7 Å². The molecular formula is C16H18F3NO. The zero-order valence-electron chi connectivity index (χ0n) is 11.7. The molecule has 1 saturated heterocycles. The molecule has 0 amide bonds. The number of benzene rings is 1. The third-order valence-electron chi connectivity index (χ3n) is 3.55. The lowest BCUT2D eigenvalue weighted by atomic mass is 10.1. The number of alkyl halides is 3. The average molecular weight is 297 g/mol. The molecule has 5 heteroatoms. The minimum absolute atomic E-state index is 0.108. The smallest absolute Gasteiger partial charge is 0.416 e. The number of terminal acetylenes is 1. The lowest BCUT2D eigenvalue weighted by Crippen LogP contribution is -2.43. The monoisotopic (exact) mass is 297 g/mol. The maximum absolute atomic E-state index is 12.5. The van der Waals surface area contributed by atoms with Crippen LogP contribution in [0.3, 0.4) is 0 Å². The summed E-state index contributed by atoms with van der Waals surface area (Å²) in [4.78, 5) is 2.15. The summed E-state index contributed by atoms with van der Waals surface area (Å²) >= 11 is 0. The van der Waals surface area contributed by atoms with Crippen molar-refractivity contribution < 1.29 is 17.9 Å². The van der Waals surface area contributed by atoms with Gasteiger partial charge in [-0.2, -0.15) is 13.2 Å². The Balaban J connectivity index is 2.00. The van der Waals surface area contributed by atoms with Crippen LogP contribution >= 0.6 is 0 Å². The summed E-state index contributed by atoms with van der Waals surface area (Å²) in [5, 5.41) is 0. The summed E-state index contributed by atoms with van der Waals surface area (Å²) < 4.78 is 43.4. The van der Waals surface area contributed by atoms with Crippen molar-refractivity contribution in [3.63, 3.8) is 0 Å². The lowest BCUT2D eigenvalue weighted by Gasteiger charge is -2.35. The highest BCUT2D eigenvalue weighted by molar-refractivity contribution is 5.29. The number of halogens is 3. The Morgan fingerprint density at radius 2 is 1.95 bits per heavy atom. The van der Waals surface area contributed by atoms with Crippen molar-refractivity contribution >= 4 is 0 Å². The van der Waals surface area contributed by atoms with Crippen LogP contribution in [0.5, 0.6) is 5.75 Å². The van der Waals surface area contributed by atoms with E-state index in [0.29, 0.717) is 12.2 Å². The molecule has 0 aliphatic carbocycles. The van der Waals surface area contributed by atoms with E-state index in [-0.39, 0.29) is 6.23 Å². The van der Waals surface area contributed by atoms with Crippen LogP contribution in [0, 0.1) is 12.3 Å². The van der Waals surface area contributed by atoms with E-state index >= 15 is 0 Å². The second kappa shape index (κ2) is 6.86. The van der Waals surface area contributed by atoms with Crippen molar-refractivity contribution in [2.45, 2.75) is 38.1 Å². The van der Waals surface area contributed by atoms with Gasteiger partial charge >= 0.3 is 6.18 Å². The second-order valence-corrected chi connectivity index (χ2v) is 5.08. The van der Waals surface area contributed by atoms with Gasteiger partial charge in [-0.05, 0) is 43.5 Å². The average Bonchev–Trinajstić information content (AvgIpc) is 2.46. The molecular weight excluding hydrogens is 279 g/mol. The fourth-order valence-electron chi connectivity index (χ4n) is 2.44. The maximum atomic E-state index is 12.5. The van der Waals surface area contributed by atoms with E-state index in [2.05, 4.69) is 10.8 Å². The lowest BCUT2D eigenvalue weighted by molar-refractivity contribution is -0.137. The second-order valence-electron chi connectivity index (χ2n) is 5.08. The maximum Gasteiger partial charge on any atom is 0.416 e. The predicted octanol–water partition coefficient (Wildman–Crippen LogP) is 3.92.